The van der Waals surface area contributed by atoms with Crippen LogP contribution in [0.5, 0.6) is 11.5 Å². The molecule has 2 heterocycles. The molecule has 0 spiro atoms. The van der Waals surface area contributed by atoms with Gasteiger partial charge in [-0.3, -0.25) is 9.20 Å². The van der Waals surface area contributed by atoms with Gasteiger partial charge in [-0.2, -0.15) is 0 Å². The number of benzene rings is 1. The van der Waals surface area contributed by atoms with Gasteiger partial charge < -0.3 is 14.2 Å². The first-order chi connectivity index (χ1) is 12.9. The second-order valence-electron chi connectivity index (χ2n) is 5.79. The molecule has 0 aliphatic heterocycles. The highest BCUT2D eigenvalue weighted by molar-refractivity contribution is 6.32. The topological polar surface area (TPSA) is 79.1 Å². The van der Waals surface area contributed by atoms with Crippen molar-refractivity contribution in [2.24, 2.45) is 0 Å². The summed E-state index contributed by atoms with van der Waals surface area (Å²) in [6.07, 6.45) is 1.70. The van der Waals surface area contributed by atoms with Crippen molar-refractivity contribution in [2.45, 2.75) is 13.5 Å². The summed E-state index contributed by atoms with van der Waals surface area (Å²) in [6.45, 7) is 1.74. The summed E-state index contributed by atoms with van der Waals surface area (Å²) in [6, 6.07) is 7.82. The molecule has 1 aromatic carbocycles. The van der Waals surface area contributed by atoms with Crippen LogP contribution in [0.1, 0.15) is 21.6 Å². The van der Waals surface area contributed by atoms with Crippen molar-refractivity contribution in [3.63, 3.8) is 0 Å². The predicted molar refractivity (Wildman–Crippen MR) is 99.9 cm³/mol. The Labute approximate surface area is 160 Å². The van der Waals surface area contributed by atoms with E-state index in [0.29, 0.717) is 22.8 Å². The van der Waals surface area contributed by atoms with Crippen molar-refractivity contribution in [3.8, 4) is 11.5 Å². The van der Waals surface area contributed by atoms with Crippen LogP contribution in [0.15, 0.2) is 41.3 Å². The van der Waals surface area contributed by atoms with Crippen molar-refractivity contribution in [2.75, 3.05) is 14.2 Å². The van der Waals surface area contributed by atoms with Gasteiger partial charge in [0.15, 0.2) is 11.5 Å². The van der Waals surface area contributed by atoms with Gasteiger partial charge in [-0.25, -0.2) is 9.78 Å². The Hall–Kier alpha value is -3.06. The largest absolute Gasteiger partial charge is 0.493 e. The maximum atomic E-state index is 12.3. The second-order valence-corrected chi connectivity index (χ2v) is 6.20. The lowest BCUT2D eigenvalue weighted by atomic mass is 10.2. The number of ether oxygens (including phenoxy) is 3. The zero-order valence-corrected chi connectivity index (χ0v) is 15.7. The first-order valence-electron chi connectivity index (χ1n) is 8.00. The van der Waals surface area contributed by atoms with Crippen LogP contribution < -0.4 is 15.0 Å². The summed E-state index contributed by atoms with van der Waals surface area (Å²) in [7, 11) is 2.89. The minimum absolute atomic E-state index is 0.148. The molecule has 3 rings (SSSR count). The normalized spacial score (nSPS) is 10.7. The number of pyridine rings is 1. The minimum atomic E-state index is -0.622. The molecule has 7 nitrogen and oxygen atoms in total. The number of esters is 1. The Morgan fingerprint density at radius 2 is 1.96 bits per heavy atom. The molecule has 3 aromatic rings. The molecule has 0 bridgehead atoms. The van der Waals surface area contributed by atoms with E-state index < -0.39 is 5.97 Å². The molecule has 0 N–H and O–H groups in total. The smallest absolute Gasteiger partial charge is 0.338 e. The quantitative estimate of drug-likeness (QED) is 0.625. The Morgan fingerprint density at radius 3 is 2.67 bits per heavy atom. The van der Waals surface area contributed by atoms with Crippen LogP contribution in [0.2, 0.25) is 5.02 Å². The zero-order chi connectivity index (χ0) is 19.6. The number of hydrogen-bond acceptors (Lipinski definition) is 6. The molecule has 0 atom stereocenters. The minimum Gasteiger partial charge on any atom is -0.493 e. The van der Waals surface area contributed by atoms with Crippen LogP contribution in [0.25, 0.3) is 5.65 Å². The first kappa shape index (κ1) is 18.7. The Bertz CT molecular complexity index is 1080. The van der Waals surface area contributed by atoms with Crippen LogP contribution in [0, 0.1) is 6.92 Å². The molecular weight excluding hydrogens is 372 g/mol. The van der Waals surface area contributed by atoms with Crippen molar-refractivity contribution < 1.29 is 19.0 Å². The van der Waals surface area contributed by atoms with E-state index in [0.717, 1.165) is 5.56 Å². The van der Waals surface area contributed by atoms with Crippen LogP contribution in [0.4, 0.5) is 0 Å². The third-order valence-electron chi connectivity index (χ3n) is 3.88. The molecule has 0 radical (unpaired) electrons. The van der Waals surface area contributed by atoms with Crippen LogP contribution >= 0.6 is 11.6 Å². The molecule has 27 heavy (non-hydrogen) atoms. The maximum absolute atomic E-state index is 12.3. The van der Waals surface area contributed by atoms with E-state index in [-0.39, 0.29) is 22.8 Å². The second kappa shape index (κ2) is 7.67. The monoisotopic (exact) mass is 388 g/mol. The fourth-order valence-corrected chi connectivity index (χ4v) is 2.88. The maximum Gasteiger partial charge on any atom is 0.338 e. The number of methoxy groups -OCH3 is 2. The van der Waals surface area contributed by atoms with Gasteiger partial charge in [0.2, 0.25) is 0 Å². The molecule has 0 saturated carbocycles. The molecule has 0 aliphatic rings. The van der Waals surface area contributed by atoms with E-state index in [1.54, 1.807) is 12.3 Å². The number of carbonyl (C=O) groups excluding carboxylic acids is 1. The summed E-state index contributed by atoms with van der Waals surface area (Å²) in [4.78, 5) is 28.9. The summed E-state index contributed by atoms with van der Waals surface area (Å²) >= 11 is 6.10. The number of hydrogen-bond donors (Lipinski definition) is 0. The van der Waals surface area contributed by atoms with Crippen LogP contribution in [0.3, 0.4) is 0 Å². The van der Waals surface area contributed by atoms with Gasteiger partial charge in [0.1, 0.15) is 12.3 Å². The zero-order valence-electron chi connectivity index (χ0n) is 15.0. The van der Waals surface area contributed by atoms with Crippen LogP contribution in [-0.4, -0.2) is 29.6 Å². The van der Waals surface area contributed by atoms with Crippen LogP contribution in [-0.2, 0) is 11.3 Å². The Balaban J connectivity index is 1.82. The van der Waals surface area contributed by atoms with Gasteiger partial charge >= 0.3 is 5.97 Å². The molecular formula is C19H17ClN2O5. The lowest BCUT2D eigenvalue weighted by Gasteiger charge is -2.11. The Morgan fingerprint density at radius 1 is 1.19 bits per heavy atom. The number of nitrogens with zero attached hydrogens (tertiary/aromatic N) is 2. The summed E-state index contributed by atoms with van der Waals surface area (Å²) in [5.74, 6) is 0.0216. The van der Waals surface area contributed by atoms with Gasteiger partial charge in [0.05, 0.1) is 30.5 Å². The lowest BCUT2D eigenvalue weighted by Crippen LogP contribution is -2.17. The van der Waals surface area contributed by atoms with Gasteiger partial charge in [-0.1, -0.05) is 17.7 Å². The molecule has 0 aliphatic carbocycles. The van der Waals surface area contributed by atoms with E-state index in [9.17, 15) is 9.59 Å². The average molecular weight is 389 g/mol. The molecule has 8 heteroatoms. The van der Waals surface area contributed by atoms with Gasteiger partial charge in [-0.05, 0) is 30.7 Å². The van der Waals surface area contributed by atoms with Crippen molar-refractivity contribution in [3.05, 3.63) is 68.7 Å². The molecule has 0 fully saturated rings. The highest BCUT2D eigenvalue weighted by atomic mass is 35.5. The summed E-state index contributed by atoms with van der Waals surface area (Å²) in [5.41, 5.74) is 1.72. The van der Waals surface area contributed by atoms with Crippen molar-refractivity contribution in [1.82, 2.24) is 9.38 Å². The number of fused-ring (bicyclic) bond motifs is 1. The molecule has 0 amide bonds. The Kier molecular flexibility index (Phi) is 5.32. The number of carbonyl (C=O) groups is 1. The third kappa shape index (κ3) is 3.88. The van der Waals surface area contributed by atoms with E-state index in [1.165, 1.54) is 36.8 Å². The van der Waals surface area contributed by atoms with E-state index >= 15 is 0 Å². The number of aryl methyl sites for hydroxylation is 1. The third-order valence-corrected chi connectivity index (χ3v) is 4.16. The lowest BCUT2D eigenvalue weighted by molar-refractivity contribution is 0.0467. The molecule has 2 aromatic heterocycles. The highest BCUT2D eigenvalue weighted by Crippen LogP contribution is 2.36. The van der Waals surface area contributed by atoms with E-state index in [2.05, 4.69) is 4.98 Å². The highest BCUT2D eigenvalue weighted by Gasteiger charge is 2.16. The number of rotatable bonds is 5. The fourth-order valence-electron chi connectivity index (χ4n) is 2.59. The van der Waals surface area contributed by atoms with Gasteiger partial charge in [0, 0.05) is 12.3 Å². The van der Waals surface area contributed by atoms with Gasteiger partial charge in [0.25, 0.3) is 5.56 Å². The summed E-state index contributed by atoms with van der Waals surface area (Å²) < 4.78 is 17.0. The standard InChI is InChI=1S/C19H17ClN2O5/c1-11-4-5-16-21-13(8-17(23)22(16)9-11)10-27-19(24)12-6-14(20)18(26-3)15(7-12)25-2/h4-9H,10H2,1-3H3. The number of aromatic nitrogens is 2. The molecule has 0 saturated heterocycles. The summed E-state index contributed by atoms with van der Waals surface area (Å²) in [5, 5.41) is 0.223. The van der Waals surface area contributed by atoms with Crippen molar-refractivity contribution >= 4 is 23.2 Å². The SMILES string of the molecule is COc1cc(C(=O)OCc2cc(=O)n3cc(C)ccc3n2)cc(Cl)c1OC. The molecule has 0 unspecified atom stereocenters. The van der Waals surface area contributed by atoms with Gasteiger partial charge in [-0.15, -0.1) is 0 Å². The first-order valence-corrected chi connectivity index (χ1v) is 8.38. The van der Waals surface area contributed by atoms with Crippen molar-refractivity contribution in [1.29, 1.82) is 0 Å². The average Bonchev–Trinajstić information content (AvgIpc) is 2.65. The number of halogens is 1. The van der Waals surface area contributed by atoms with E-state index in [1.807, 2.05) is 13.0 Å². The molecule has 140 valence electrons. The fraction of sp³-hybridized carbons (Fsp3) is 0.211. The van der Waals surface area contributed by atoms with E-state index in [4.69, 9.17) is 25.8 Å². The predicted octanol–water partition coefficient (Wildman–Crippen LogP) is 3.03.